The van der Waals surface area contributed by atoms with E-state index in [0.717, 1.165) is 5.57 Å². The molecule has 0 aromatic heterocycles. The lowest BCUT2D eigenvalue weighted by Gasteiger charge is -2.01. The first-order valence-electron chi connectivity index (χ1n) is 4.50. The summed E-state index contributed by atoms with van der Waals surface area (Å²) in [4.78, 5) is 0. The molecular weight excluding hydrogens is 156 g/mol. The average molecular weight is 172 g/mol. The third-order valence-electron chi connectivity index (χ3n) is 1.97. The van der Waals surface area contributed by atoms with Crippen LogP contribution in [-0.2, 0) is 0 Å². The fraction of sp³-hybridized carbons (Fsp3) is 0.231. The number of rotatable bonds is 2. The molecule has 0 fully saturated rings. The molecule has 0 spiro atoms. The first-order valence-corrected chi connectivity index (χ1v) is 4.50. The van der Waals surface area contributed by atoms with E-state index in [2.05, 4.69) is 44.7 Å². The van der Waals surface area contributed by atoms with Crippen LogP contribution in [0.5, 0.6) is 0 Å². The monoisotopic (exact) mass is 172 g/mol. The van der Waals surface area contributed by atoms with Gasteiger partial charge < -0.3 is 0 Å². The van der Waals surface area contributed by atoms with Crippen LogP contribution in [0.15, 0.2) is 36.4 Å². The third-order valence-corrected chi connectivity index (χ3v) is 1.97. The highest BCUT2D eigenvalue weighted by molar-refractivity contribution is 5.56. The van der Waals surface area contributed by atoms with E-state index in [4.69, 9.17) is 0 Å². The van der Waals surface area contributed by atoms with Crippen molar-refractivity contribution in [3.63, 3.8) is 0 Å². The van der Waals surface area contributed by atoms with Gasteiger partial charge in [0.2, 0.25) is 0 Å². The highest BCUT2D eigenvalue weighted by atomic mass is 14.0. The Morgan fingerprint density at radius 1 is 1.31 bits per heavy atom. The molecule has 0 amide bonds. The van der Waals surface area contributed by atoms with Gasteiger partial charge in [-0.15, -0.1) is 0 Å². The van der Waals surface area contributed by atoms with Crippen LogP contribution in [0.3, 0.4) is 0 Å². The number of allylic oxidation sites excluding steroid dienone is 2. The van der Waals surface area contributed by atoms with Crippen molar-refractivity contribution in [3.05, 3.63) is 53.1 Å². The maximum Gasteiger partial charge on any atom is -0.0227 e. The van der Waals surface area contributed by atoms with Crippen LogP contribution >= 0.6 is 0 Å². The van der Waals surface area contributed by atoms with Gasteiger partial charge in [0.1, 0.15) is 0 Å². The first kappa shape index (κ1) is 9.79. The minimum Gasteiger partial charge on any atom is -0.0961 e. The summed E-state index contributed by atoms with van der Waals surface area (Å²) >= 11 is 0. The van der Waals surface area contributed by atoms with E-state index in [1.165, 1.54) is 16.7 Å². The van der Waals surface area contributed by atoms with Gasteiger partial charge in [-0.2, -0.15) is 0 Å². The van der Waals surface area contributed by atoms with Crippen molar-refractivity contribution in [1.82, 2.24) is 0 Å². The Hall–Kier alpha value is -1.30. The zero-order valence-electron chi connectivity index (χ0n) is 8.59. The van der Waals surface area contributed by atoms with Crippen LogP contribution in [-0.4, -0.2) is 0 Å². The maximum absolute atomic E-state index is 3.83. The second-order valence-electron chi connectivity index (χ2n) is 3.54. The van der Waals surface area contributed by atoms with Gasteiger partial charge in [0.15, 0.2) is 0 Å². The van der Waals surface area contributed by atoms with Gasteiger partial charge in [-0.25, -0.2) is 0 Å². The summed E-state index contributed by atoms with van der Waals surface area (Å²) in [5.74, 6) is 0. The molecule has 0 radical (unpaired) electrons. The van der Waals surface area contributed by atoms with Gasteiger partial charge in [0, 0.05) is 0 Å². The molecule has 0 saturated heterocycles. The summed E-state index contributed by atoms with van der Waals surface area (Å²) in [6, 6.07) is 6.47. The smallest absolute Gasteiger partial charge is 0.0227 e. The van der Waals surface area contributed by atoms with E-state index in [-0.39, 0.29) is 0 Å². The van der Waals surface area contributed by atoms with Crippen molar-refractivity contribution in [3.8, 4) is 0 Å². The van der Waals surface area contributed by atoms with Crippen LogP contribution in [0.2, 0.25) is 0 Å². The molecule has 1 aromatic carbocycles. The molecule has 0 saturated carbocycles. The highest BCUT2D eigenvalue weighted by Gasteiger charge is 1.93. The van der Waals surface area contributed by atoms with E-state index in [0.29, 0.717) is 0 Å². The second kappa shape index (κ2) is 4.08. The molecule has 0 N–H and O–H groups in total. The molecule has 0 unspecified atom stereocenters. The van der Waals surface area contributed by atoms with Crippen molar-refractivity contribution >= 4 is 6.08 Å². The number of hydrogen-bond acceptors (Lipinski definition) is 0. The zero-order valence-corrected chi connectivity index (χ0v) is 8.59. The molecule has 0 heterocycles. The van der Waals surface area contributed by atoms with E-state index in [1.54, 1.807) is 0 Å². The topological polar surface area (TPSA) is 0 Å². The summed E-state index contributed by atoms with van der Waals surface area (Å²) in [5, 5.41) is 0. The Morgan fingerprint density at radius 2 is 2.00 bits per heavy atom. The van der Waals surface area contributed by atoms with Gasteiger partial charge in [-0.1, -0.05) is 48.1 Å². The Morgan fingerprint density at radius 3 is 2.54 bits per heavy atom. The minimum absolute atomic E-state index is 1.08. The molecule has 1 rings (SSSR count). The average Bonchev–Trinajstić information content (AvgIpc) is 2.02. The summed E-state index contributed by atoms with van der Waals surface area (Å²) in [5.41, 5.74) is 4.98. The molecule has 0 aliphatic carbocycles. The lowest BCUT2D eigenvalue weighted by Crippen LogP contribution is -1.81. The fourth-order valence-corrected chi connectivity index (χ4v) is 1.24. The largest absolute Gasteiger partial charge is 0.0961 e. The van der Waals surface area contributed by atoms with Crippen molar-refractivity contribution in [1.29, 1.82) is 0 Å². The van der Waals surface area contributed by atoms with Crippen molar-refractivity contribution < 1.29 is 0 Å². The van der Waals surface area contributed by atoms with E-state index in [9.17, 15) is 0 Å². The van der Waals surface area contributed by atoms with Gasteiger partial charge in [-0.05, 0) is 31.9 Å². The van der Waals surface area contributed by atoms with Crippen LogP contribution in [0, 0.1) is 13.8 Å². The van der Waals surface area contributed by atoms with Crippen LogP contribution in [0.1, 0.15) is 23.6 Å². The maximum atomic E-state index is 3.83. The predicted molar refractivity (Wildman–Crippen MR) is 59.8 cm³/mol. The van der Waals surface area contributed by atoms with Crippen molar-refractivity contribution in [2.45, 2.75) is 20.8 Å². The summed E-state index contributed by atoms with van der Waals surface area (Å²) < 4.78 is 0. The standard InChI is InChI=1S/C13H16/c1-10(2)5-7-13-8-6-11(3)9-12(13)4/h5-9H,1H2,2-4H3/b7-5-. The molecule has 0 nitrogen and oxygen atoms in total. The number of hydrogen-bond donors (Lipinski definition) is 0. The summed E-state index contributed by atoms with van der Waals surface area (Å²) in [7, 11) is 0. The molecule has 0 aliphatic rings. The fourth-order valence-electron chi connectivity index (χ4n) is 1.24. The predicted octanol–water partition coefficient (Wildman–Crippen LogP) is 3.89. The SMILES string of the molecule is C=C(C)/C=C\c1ccc(C)cc1C. The quantitative estimate of drug-likeness (QED) is 0.594. The molecule has 13 heavy (non-hydrogen) atoms. The Kier molecular flexibility index (Phi) is 3.07. The van der Waals surface area contributed by atoms with E-state index < -0.39 is 0 Å². The van der Waals surface area contributed by atoms with Crippen LogP contribution in [0.25, 0.3) is 6.08 Å². The molecule has 0 aliphatic heterocycles. The first-order chi connectivity index (χ1) is 6.09. The lowest BCUT2D eigenvalue weighted by molar-refractivity contribution is 1.37. The molecule has 0 atom stereocenters. The number of benzene rings is 1. The van der Waals surface area contributed by atoms with Gasteiger partial charge in [-0.3, -0.25) is 0 Å². The summed E-state index contributed by atoms with van der Waals surface area (Å²) in [6.45, 7) is 10.1. The van der Waals surface area contributed by atoms with Gasteiger partial charge in [0.05, 0.1) is 0 Å². The third kappa shape index (κ3) is 2.90. The second-order valence-corrected chi connectivity index (χ2v) is 3.54. The molecule has 68 valence electrons. The van der Waals surface area contributed by atoms with Crippen LogP contribution in [0.4, 0.5) is 0 Å². The number of aryl methyl sites for hydroxylation is 2. The van der Waals surface area contributed by atoms with Crippen molar-refractivity contribution in [2.24, 2.45) is 0 Å². The van der Waals surface area contributed by atoms with Gasteiger partial charge >= 0.3 is 0 Å². The Bertz CT molecular complexity index is 343. The van der Waals surface area contributed by atoms with E-state index >= 15 is 0 Å². The Labute approximate surface area is 80.6 Å². The molecule has 0 heteroatoms. The molecule has 1 aromatic rings. The summed E-state index contributed by atoms with van der Waals surface area (Å²) in [6.07, 6.45) is 4.15. The normalized spacial score (nSPS) is 10.7. The van der Waals surface area contributed by atoms with Crippen molar-refractivity contribution in [2.75, 3.05) is 0 Å². The highest BCUT2D eigenvalue weighted by Crippen LogP contribution is 2.12. The zero-order chi connectivity index (χ0) is 9.84. The van der Waals surface area contributed by atoms with Gasteiger partial charge in [0.25, 0.3) is 0 Å². The molecule has 0 bridgehead atoms. The lowest BCUT2D eigenvalue weighted by atomic mass is 10.0. The minimum atomic E-state index is 1.08. The van der Waals surface area contributed by atoms with E-state index in [1.807, 2.05) is 13.0 Å². The van der Waals surface area contributed by atoms with Crippen LogP contribution < -0.4 is 0 Å². The molecular formula is C13H16. The Balaban J connectivity index is 2.96.